The molecular formula is C33H35Cl2N5O4. The van der Waals surface area contributed by atoms with E-state index in [-0.39, 0.29) is 12.5 Å². The van der Waals surface area contributed by atoms with E-state index >= 15 is 0 Å². The maximum Gasteiger partial charge on any atom is 0.231 e. The van der Waals surface area contributed by atoms with Gasteiger partial charge in [-0.1, -0.05) is 47.5 Å². The fraction of sp³-hybridized carbons (Fsp3) is 0.303. The largest absolute Gasteiger partial charge is 0.496 e. The molecule has 1 atom stereocenters. The lowest BCUT2D eigenvalue weighted by Gasteiger charge is -2.29. The number of carbonyl (C=O) groups is 1. The lowest BCUT2D eigenvalue weighted by Crippen LogP contribution is -2.37. The molecule has 1 aliphatic rings. The van der Waals surface area contributed by atoms with E-state index in [1.54, 1.807) is 27.3 Å². The summed E-state index contributed by atoms with van der Waals surface area (Å²) in [6.45, 7) is 4.18. The molecule has 2 aromatic carbocycles. The molecule has 44 heavy (non-hydrogen) atoms. The molecule has 1 aliphatic heterocycles. The Morgan fingerprint density at radius 3 is 2.59 bits per heavy atom. The van der Waals surface area contributed by atoms with Crippen LogP contribution in [0.3, 0.4) is 0 Å². The first kappa shape index (κ1) is 31.7. The highest BCUT2D eigenvalue weighted by Crippen LogP contribution is 2.43. The molecule has 4 aromatic rings. The molecule has 230 valence electrons. The molecule has 5 rings (SSSR count). The number of methoxy groups -OCH3 is 2. The van der Waals surface area contributed by atoms with Crippen LogP contribution < -0.4 is 20.5 Å². The van der Waals surface area contributed by atoms with Gasteiger partial charge in [-0.05, 0) is 43.2 Å². The third-order valence-electron chi connectivity index (χ3n) is 7.59. The number of carbonyl (C=O) groups excluding carboxylic acids is 1. The Kier molecular flexibility index (Phi) is 10.0. The summed E-state index contributed by atoms with van der Waals surface area (Å²) in [5.41, 5.74) is 12.7. The Morgan fingerprint density at radius 1 is 1.09 bits per heavy atom. The van der Waals surface area contributed by atoms with E-state index in [2.05, 4.69) is 16.4 Å². The smallest absolute Gasteiger partial charge is 0.231 e. The van der Waals surface area contributed by atoms with Gasteiger partial charge in [0.25, 0.3) is 0 Å². The maximum atomic E-state index is 11.5. The molecule has 0 spiro atoms. The molecule has 1 unspecified atom stereocenters. The third kappa shape index (κ3) is 6.82. The van der Waals surface area contributed by atoms with E-state index in [0.29, 0.717) is 59.2 Å². The van der Waals surface area contributed by atoms with Crippen molar-refractivity contribution >= 4 is 29.1 Å². The molecule has 0 saturated heterocycles. The SMILES string of the molecule is COc1cc(-c2nccc(-c3cccc(-c4ccc(CNCC(C)O)c(OC)n4)c3Cl)c2Cl)cc2c1CN(CC(N)=O)CC2. The van der Waals surface area contributed by atoms with Gasteiger partial charge in [-0.25, -0.2) is 4.98 Å². The predicted octanol–water partition coefficient (Wildman–Crippen LogP) is 5.12. The minimum atomic E-state index is -0.454. The molecule has 0 bridgehead atoms. The Morgan fingerprint density at radius 2 is 1.86 bits per heavy atom. The first-order valence-corrected chi connectivity index (χ1v) is 15.0. The summed E-state index contributed by atoms with van der Waals surface area (Å²) >= 11 is 14.1. The highest BCUT2D eigenvalue weighted by Gasteiger charge is 2.24. The van der Waals surface area contributed by atoms with Crippen LogP contribution >= 0.6 is 23.2 Å². The van der Waals surface area contributed by atoms with Crippen LogP contribution in [0.4, 0.5) is 0 Å². The van der Waals surface area contributed by atoms with Gasteiger partial charge in [-0.15, -0.1) is 0 Å². The minimum absolute atomic E-state index is 0.202. The van der Waals surface area contributed by atoms with Crippen molar-refractivity contribution in [1.82, 2.24) is 20.2 Å². The van der Waals surface area contributed by atoms with Crippen molar-refractivity contribution in [1.29, 1.82) is 0 Å². The number of hydrogen-bond donors (Lipinski definition) is 3. The summed E-state index contributed by atoms with van der Waals surface area (Å²) in [7, 11) is 3.21. The van der Waals surface area contributed by atoms with Crippen molar-refractivity contribution in [2.24, 2.45) is 5.73 Å². The zero-order valence-electron chi connectivity index (χ0n) is 24.9. The van der Waals surface area contributed by atoms with Gasteiger partial charge in [0.15, 0.2) is 0 Å². The second-order valence-electron chi connectivity index (χ2n) is 10.8. The first-order valence-electron chi connectivity index (χ1n) is 14.3. The molecule has 11 heteroatoms. The number of pyridine rings is 2. The van der Waals surface area contributed by atoms with E-state index in [9.17, 15) is 9.90 Å². The number of benzene rings is 2. The highest BCUT2D eigenvalue weighted by atomic mass is 35.5. The number of nitrogens with zero attached hydrogens (tertiary/aromatic N) is 3. The molecule has 1 amide bonds. The predicted molar refractivity (Wildman–Crippen MR) is 173 cm³/mol. The number of ether oxygens (including phenoxy) is 2. The second-order valence-corrected chi connectivity index (χ2v) is 11.5. The Bertz CT molecular complexity index is 1660. The summed E-state index contributed by atoms with van der Waals surface area (Å²) in [5.74, 6) is 0.831. The van der Waals surface area contributed by atoms with Crippen molar-refractivity contribution in [3.8, 4) is 45.3 Å². The minimum Gasteiger partial charge on any atom is -0.496 e. The number of nitrogens with two attached hydrogens (primary N) is 1. The molecule has 9 nitrogen and oxygen atoms in total. The average molecular weight is 637 g/mol. The number of aliphatic hydroxyl groups excluding tert-OH is 1. The monoisotopic (exact) mass is 635 g/mol. The summed E-state index contributed by atoms with van der Waals surface area (Å²) in [6, 6.07) is 15.4. The molecule has 0 aliphatic carbocycles. The number of aromatic nitrogens is 2. The van der Waals surface area contributed by atoms with Crippen LogP contribution in [-0.4, -0.2) is 65.8 Å². The van der Waals surface area contributed by atoms with Crippen molar-refractivity contribution in [3.05, 3.63) is 81.5 Å². The van der Waals surface area contributed by atoms with E-state index in [4.69, 9.17) is 43.4 Å². The van der Waals surface area contributed by atoms with Crippen LogP contribution in [0.5, 0.6) is 11.6 Å². The topological polar surface area (TPSA) is 123 Å². The maximum absolute atomic E-state index is 11.5. The molecule has 0 fully saturated rings. The van der Waals surface area contributed by atoms with E-state index in [1.165, 1.54) is 0 Å². The normalized spacial score (nSPS) is 13.8. The van der Waals surface area contributed by atoms with Crippen LogP contribution in [0.25, 0.3) is 33.6 Å². The van der Waals surface area contributed by atoms with Crippen LogP contribution in [0, 0.1) is 0 Å². The number of amides is 1. The number of aliphatic hydroxyl groups is 1. The summed E-state index contributed by atoms with van der Waals surface area (Å²) in [5, 5.41) is 13.7. The summed E-state index contributed by atoms with van der Waals surface area (Å²) < 4.78 is 11.3. The zero-order chi connectivity index (χ0) is 31.4. The van der Waals surface area contributed by atoms with Gasteiger partial charge in [-0.2, -0.15) is 0 Å². The van der Waals surface area contributed by atoms with Crippen LogP contribution in [0.15, 0.2) is 54.7 Å². The average Bonchev–Trinajstić information content (AvgIpc) is 3.00. The van der Waals surface area contributed by atoms with Crippen LogP contribution in [0.2, 0.25) is 10.0 Å². The van der Waals surface area contributed by atoms with Gasteiger partial charge in [0, 0.05) is 65.8 Å². The van der Waals surface area contributed by atoms with Gasteiger partial charge < -0.3 is 25.6 Å². The highest BCUT2D eigenvalue weighted by molar-refractivity contribution is 6.39. The molecule has 2 aromatic heterocycles. The van der Waals surface area contributed by atoms with Crippen molar-refractivity contribution < 1.29 is 19.4 Å². The second kappa shape index (κ2) is 13.9. The first-order chi connectivity index (χ1) is 21.2. The third-order valence-corrected chi connectivity index (χ3v) is 8.38. The van der Waals surface area contributed by atoms with Gasteiger partial charge in [0.2, 0.25) is 11.8 Å². The Labute approximate surface area is 266 Å². The lowest BCUT2D eigenvalue weighted by atomic mass is 9.94. The van der Waals surface area contributed by atoms with Gasteiger partial charge in [0.1, 0.15) is 5.75 Å². The number of primary amides is 1. The number of rotatable bonds is 11. The van der Waals surface area contributed by atoms with Gasteiger partial charge in [-0.3, -0.25) is 14.7 Å². The van der Waals surface area contributed by atoms with Crippen molar-refractivity contribution in [2.45, 2.75) is 32.5 Å². The van der Waals surface area contributed by atoms with Gasteiger partial charge in [0.05, 0.1) is 48.3 Å². The fourth-order valence-corrected chi connectivity index (χ4v) is 6.15. The molecular weight excluding hydrogens is 601 g/mol. The summed E-state index contributed by atoms with van der Waals surface area (Å²) in [6.07, 6.45) is 2.00. The standard InChI is InChI=1S/C33H35Cl2N5O4/c1-19(41)15-37-16-21-7-8-27(39-33(21)44-3)25-6-4-5-23(30(25)34)24-9-11-38-32(31(24)35)22-13-20-10-12-40(18-29(36)42)17-26(20)28(14-22)43-2/h4-9,11,13-14,19,37,41H,10,12,15-18H2,1-3H3,(H2,36,42). The fourth-order valence-electron chi connectivity index (χ4n) is 5.50. The number of halogens is 2. The van der Waals surface area contributed by atoms with Crippen LogP contribution in [-0.2, 0) is 24.3 Å². The van der Waals surface area contributed by atoms with Crippen molar-refractivity contribution in [3.63, 3.8) is 0 Å². The summed E-state index contributed by atoms with van der Waals surface area (Å²) in [4.78, 5) is 22.9. The quantitative estimate of drug-likeness (QED) is 0.208. The van der Waals surface area contributed by atoms with E-state index < -0.39 is 6.10 Å². The number of fused-ring (bicyclic) bond motifs is 1. The Hall–Kier alpha value is -3.73. The Balaban J connectivity index is 1.49. The molecule has 0 radical (unpaired) electrons. The number of hydrogen-bond acceptors (Lipinski definition) is 8. The van der Waals surface area contributed by atoms with E-state index in [0.717, 1.165) is 45.4 Å². The van der Waals surface area contributed by atoms with Crippen LogP contribution in [0.1, 0.15) is 23.6 Å². The molecule has 4 N–H and O–H groups in total. The van der Waals surface area contributed by atoms with E-state index in [1.807, 2.05) is 47.4 Å². The number of nitrogens with one attached hydrogen (secondary N) is 1. The lowest BCUT2D eigenvalue weighted by molar-refractivity contribution is -0.119. The van der Waals surface area contributed by atoms with Gasteiger partial charge >= 0.3 is 0 Å². The molecule has 3 heterocycles. The molecule has 0 saturated carbocycles. The van der Waals surface area contributed by atoms with Crippen molar-refractivity contribution in [2.75, 3.05) is 33.9 Å². The zero-order valence-corrected chi connectivity index (χ0v) is 26.4.